The molecule has 2 amide bonds. The summed E-state index contributed by atoms with van der Waals surface area (Å²) < 4.78 is 12.2. The minimum Gasteiger partial charge on any atom is -0.506 e. The van der Waals surface area contributed by atoms with Crippen LogP contribution in [0, 0.1) is 5.92 Å². The van der Waals surface area contributed by atoms with Crippen molar-refractivity contribution in [3.8, 4) is 11.5 Å². The molecule has 3 unspecified atom stereocenters. The molecule has 298 valence electrons. The summed E-state index contributed by atoms with van der Waals surface area (Å²) >= 11 is 0. The molecule has 3 atom stereocenters. The van der Waals surface area contributed by atoms with Crippen molar-refractivity contribution in [2.75, 3.05) is 45.8 Å². The molecule has 2 bridgehead atoms. The Balaban J connectivity index is 0.918. The van der Waals surface area contributed by atoms with E-state index in [0.717, 1.165) is 49.2 Å². The number of nitrogens with one attached hydrogen (secondary N) is 3. The number of benzene rings is 4. The topological polar surface area (TPSA) is 156 Å². The third kappa shape index (κ3) is 9.83. The normalized spacial score (nSPS) is 18.5. The van der Waals surface area contributed by atoms with Crippen LogP contribution in [0.15, 0.2) is 108 Å². The molecule has 3 aliphatic rings. The first-order valence-electron chi connectivity index (χ1n) is 19.8. The molecular weight excluding hydrogens is 723 g/mol. The van der Waals surface area contributed by atoms with E-state index in [1.807, 2.05) is 85.8 Å². The van der Waals surface area contributed by atoms with Gasteiger partial charge in [-0.25, -0.2) is 4.79 Å². The highest BCUT2D eigenvalue weighted by Gasteiger charge is 2.37. The number of carbonyl (C=O) groups is 2. The van der Waals surface area contributed by atoms with Crippen LogP contribution in [0.5, 0.6) is 11.5 Å². The highest BCUT2D eigenvalue weighted by Crippen LogP contribution is 2.31. The summed E-state index contributed by atoms with van der Waals surface area (Å²) in [6.07, 6.45) is 1.42. The summed E-state index contributed by atoms with van der Waals surface area (Å²) in [7, 11) is 0. The van der Waals surface area contributed by atoms with Gasteiger partial charge in [-0.1, -0.05) is 60.7 Å². The molecule has 1 aromatic heterocycles. The maximum Gasteiger partial charge on any atom is 0.408 e. The number of pyridine rings is 1. The van der Waals surface area contributed by atoms with E-state index in [4.69, 9.17) is 9.47 Å². The average molecular weight is 774 g/mol. The standard InChI is InChI=1S/C45H51N5O7/c1-2-50(22-8-21-46-27-39(52)36-15-17-38(51)43-37(36)16-18-41(53)47-43)44(54)34-13-6-9-30(25-34)29-56-35-14-7-12-33(26-35)42(32-10-4-3-5-11-32)48-45(55)57-40-28-49-23-19-31(40)20-24-49/h3-7,9-18,25-26,31,39-40,42,46,51-52H,2,8,19-24,27-29H2,1H3,(H,47,53)(H,48,55). The van der Waals surface area contributed by atoms with Crippen LogP contribution >= 0.6 is 0 Å². The predicted octanol–water partition coefficient (Wildman–Crippen LogP) is 5.90. The van der Waals surface area contributed by atoms with E-state index in [-0.39, 0.29) is 36.5 Å². The number of aromatic nitrogens is 1. The van der Waals surface area contributed by atoms with Gasteiger partial charge in [-0.05, 0) is 110 Å². The number of phenols is 1. The van der Waals surface area contributed by atoms with Gasteiger partial charge in [0.15, 0.2) is 0 Å². The largest absolute Gasteiger partial charge is 0.506 e. The van der Waals surface area contributed by atoms with Gasteiger partial charge < -0.3 is 40.2 Å². The molecule has 0 aliphatic carbocycles. The number of alkyl carbamates (subject to hydrolysis) is 1. The van der Waals surface area contributed by atoms with Crippen molar-refractivity contribution in [2.45, 2.75) is 51.0 Å². The number of nitrogens with zero attached hydrogens (tertiary/aromatic N) is 2. The fraction of sp³-hybridized carbons (Fsp3) is 0.356. The lowest BCUT2D eigenvalue weighted by molar-refractivity contribution is -0.0336. The smallest absolute Gasteiger partial charge is 0.408 e. The first-order chi connectivity index (χ1) is 27.7. The minimum atomic E-state index is -0.860. The van der Waals surface area contributed by atoms with Crippen LogP contribution in [0.25, 0.3) is 10.9 Å². The number of aliphatic hydroxyl groups excluding tert-OH is 1. The number of aromatic amines is 1. The molecule has 0 radical (unpaired) electrons. The zero-order valence-electron chi connectivity index (χ0n) is 32.2. The average Bonchev–Trinajstić information content (AvgIpc) is 3.24. The second kappa shape index (κ2) is 18.5. The summed E-state index contributed by atoms with van der Waals surface area (Å²) in [6, 6.07) is 30.6. The van der Waals surface area contributed by atoms with Gasteiger partial charge in [0, 0.05) is 43.2 Å². The lowest BCUT2D eigenvalue weighted by Crippen LogP contribution is -2.52. The molecule has 12 heteroatoms. The molecule has 4 aromatic carbocycles. The van der Waals surface area contributed by atoms with E-state index in [1.165, 1.54) is 12.1 Å². The van der Waals surface area contributed by atoms with Gasteiger partial charge in [0.05, 0.1) is 17.7 Å². The Morgan fingerprint density at radius 3 is 2.51 bits per heavy atom. The first-order valence-corrected chi connectivity index (χ1v) is 19.8. The molecule has 0 spiro atoms. The van der Waals surface area contributed by atoms with Crippen LogP contribution in [-0.4, -0.2) is 88.9 Å². The van der Waals surface area contributed by atoms with Crippen LogP contribution in [0.4, 0.5) is 4.79 Å². The summed E-state index contributed by atoms with van der Waals surface area (Å²) in [4.78, 5) is 45.4. The maximum absolute atomic E-state index is 13.6. The van der Waals surface area contributed by atoms with E-state index < -0.39 is 18.2 Å². The monoisotopic (exact) mass is 773 g/mol. The van der Waals surface area contributed by atoms with Crippen LogP contribution in [-0.2, 0) is 11.3 Å². The Kier molecular flexibility index (Phi) is 12.8. The van der Waals surface area contributed by atoms with Crippen molar-refractivity contribution in [1.29, 1.82) is 0 Å². The number of rotatable bonds is 16. The number of phenolic OH excluding ortho intramolecular Hbond substituents is 1. The molecule has 5 N–H and O–H groups in total. The molecule has 12 nitrogen and oxygen atoms in total. The summed E-state index contributed by atoms with van der Waals surface area (Å²) in [6.45, 7) is 7.04. The minimum absolute atomic E-state index is 0.0553. The van der Waals surface area contributed by atoms with E-state index in [2.05, 4.69) is 20.5 Å². The summed E-state index contributed by atoms with van der Waals surface area (Å²) in [5.41, 5.74) is 3.77. The summed E-state index contributed by atoms with van der Waals surface area (Å²) in [5.74, 6) is 0.921. The van der Waals surface area contributed by atoms with Gasteiger partial charge in [-0.2, -0.15) is 0 Å². The maximum atomic E-state index is 13.6. The summed E-state index contributed by atoms with van der Waals surface area (Å²) in [5, 5.41) is 28.0. The Bertz CT molecular complexity index is 2200. The van der Waals surface area contributed by atoms with Gasteiger partial charge in [-0.3, -0.25) is 14.5 Å². The van der Waals surface area contributed by atoms with Crippen molar-refractivity contribution in [2.24, 2.45) is 5.92 Å². The third-order valence-corrected chi connectivity index (χ3v) is 11.1. The van der Waals surface area contributed by atoms with Gasteiger partial charge >= 0.3 is 6.09 Å². The molecular formula is C45H51N5O7. The fourth-order valence-electron chi connectivity index (χ4n) is 7.96. The van der Waals surface area contributed by atoms with Gasteiger partial charge in [0.1, 0.15) is 24.2 Å². The highest BCUT2D eigenvalue weighted by molar-refractivity contribution is 5.94. The molecule has 4 heterocycles. The second-order valence-electron chi connectivity index (χ2n) is 14.9. The van der Waals surface area contributed by atoms with Crippen molar-refractivity contribution in [3.63, 3.8) is 0 Å². The fourth-order valence-corrected chi connectivity index (χ4v) is 7.96. The number of H-pyrrole nitrogens is 1. The number of fused-ring (bicyclic) bond motifs is 4. The van der Waals surface area contributed by atoms with Crippen molar-refractivity contribution < 1.29 is 29.3 Å². The SMILES string of the molecule is CCN(CCCNCC(O)c1ccc(O)c2[nH]c(=O)ccc12)C(=O)c1cccc(COc2cccc(C(NC(=O)OC3CN4CCC3CC4)c3ccccc3)c2)c1. The Morgan fingerprint density at radius 1 is 0.947 bits per heavy atom. The Labute approximate surface area is 332 Å². The van der Waals surface area contributed by atoms with E-state index in [9.17, 15) is 24.6 Å². The highest BCUT2D eigenvalue weighted by atomic mass is 16.6. The lowest BCUT2D eigenvalue weighted by Gasteiger charge is -2.43. The number of aromatic hydroxyl groups is 1. The number of hydrogen-bond acceptors (Lipinski definition) is 9. The van der Waals surface area contributed by atoms with Crippen LogP contribution in [0.1, 0.15) is 70.9 Å². The number of carbonyl (C=O) groups excluding carboxylic acids is 2. The third-order valence-electron chi connectivity index (χ3n) is 11.1. The van der Waals surface area contributed by atoms with Crippen molar-refractivity contribution >= 4 is 22.9 Å². The Hall–Kier alpha value is -5.69. The quantitative estimate of drug-likeness (QED) is 0.0772. The van der Waals surface area contributed by atoms with Crippen molar-refractivity contribution in [1.82, 2.24) is 25.4 Å². The van der Waals surface area contributed by atoms with E-state index in [1.54, 1.807) is 17.0 Å². The Morgan fingerprint density at radius 2 is 1.74 bits per heavy atom. The molecule has 57 heavy (non-hydrogen) atoms. The van der Waals surface area contributed by atoms with E-state index >= 15 is 0 Å². The second-order valence-corrected chi connectivity index (χ2v) is 14.9. The number of aliphatic hydroxyl groups is 1. The number of piperidine rings is 3. The number of amides is 2. The molecule has 3 fully saturated rings. The molecule has 8 rings (SSSR count). The van der Waals surface area contributed by atoms with Crippen LogP contribution in [0.2, 0.25) is 0 Å². The van der Waals surface area contributed by atoms with Gasteiger partial charge in [0.25, 0.3) is 5.91 Å². The van der Waals surface area contributed by atoms with Crippen molar-refractivity contribution in [3.05, 3.63) is 141 Å². The van der Waals surface area contributed by atoms with E-state index in [0.29, 0.717) is 59.8 Å². The zero-order valence-corrected chi connectivity index (χ0v) is 32.2. The molecule has 5 aromatic rings. The first kappa shape index (κ1) is 39.5. The predicted molar refractivity (Wildman–Crippen MR) is 218 cm³/mol. The van der Waals surface area contributed by atoms with Gasteiger partial charge in [0.2, 0.25) is 5.56 Å². The lowest BCUT2D eigenvalue weighted by atomic mass is 9.86. The molecule has 3 saturated heterocycles. The van der Waals surface area contributed by atoms with Crippen LogP contribution < -0.4 is 20.9 Å². The number of hydrogen-bond donors (Lipinski definition) is 5. The van der Waals surface area contributed by atoms with Gasteiger partial charge in [-0.15, -0.1) is 0 Å². The zero-order chi connectivity index (χ0) is 39.7. The number of ether oxygens (including phenoxy) is 2. The molecule has 0 saturated carbocycles. The van der Waals surface area contributed by atoms with Crippen LogP contribution in [0.3, 0.4) is 0 Å². The molecule has 3 aliphatic heterocycles.